The van der Waals surface area contributed by atoms with Crippen molar-refractivity contribution in [3.05, 3.63) is 134 Å². The van der Waals surface area contributed by atoms with Gasteiger partial charge in [0.2, 0.25) is 0 Å². The van der Waals surface area contributed by atoms with Gasteiger partial charge in [-0.1, -0.05) is 283 Å². The molecule has 0 aromatic carbocycles. The number of carbonyl (C=O) groups excluding carboxylic acids is 3. The van der Waals surface area contributed by atoms with Gasteiger partial charge in [-0.25, -0.2) is 0 Å². The van der Waals surface area contributed by atoms with Crippen molar-refractivity contribution >= 4 is 17.9 Å². The predicted molar refractivity (Wildman–Crippen MR) is 353 cm³/mol. The molecule has 0 saturated carbocycles. The first kappa shape index (κ1) is 76.5. The van der Waals surface area contributed by atoms with E-state index in [2.05, 4.69) is 154 Å². The Kier molecular flexibility index (Phi) is 64.3. The lowest BCUT2D eigenvalue weighted by Crippen LogP contribution is -2.30. The summed E-state index contributed by atoms with van der Waals surface area (Å²) in [4.78, 5) is 38.4. The number of unbranched alkanes of at least 4 members (excludes halogenated alkanes) is 27. The Morgan fingerprint density at radius 1 is 0.259 bits per heavy atom. The number of rotatable bonds is 60. The minimum atomic E-state index is -0.813. The molecule has 0 fully saturated rings. The molecule has 0 rings (SSSR count). The Morgan fingerprint density at radius 2 is 0.494 bits per heavy atom. The van der Waals surface area contributed by atoms with Crippen molar-refractivity contribution in [1.29, 1.82) is 0 Å². The molecule has 6 nitrogen and oxygen atoms in total. The van der Waals surface area contributed by atoms with E-state index in [4.69, 9.17) is 14.2 Å². The van der Waals surface area contributed by atoms with Gasteiger partial charge in [-0.3, -0.25) is 14.4 Å². The first-order valence-electron chi connectivity index (χ1n) is 33.7. The van der Waals surface area contributed by atoms with Crippen LogP contribution in [0.15, 0.2) is 134 Å². The number of esters is 3. The molecule has 460 valence electrons. The van der Waals surface area contributed by atoms with E-state index in [0.29, 0.717) is 19.3 Å². The minimum Gasteiger partial charge on any atom is -0.462 e. The van der Waals surface area contributed by atoms with Gasteiger partial charge in [0.15, 0.2) is 6.10 Å². The van der Waals surface area contributed by atoms with Crippen LogP contribution < -0.4 is 0 Å². The lowest BCUT2D eigenvalue weighted by molar-refractivity contribution is -0.167. The van der Waals surface area contributed by atoms with Crippen LogP contribution in [-0.2, 0) is 28.6 Å². The van der Waals surface area contributed by atoms with Crippen molar-refractivity contribution < 1.29 is 28.6 Å². The normalized spacial score (nSPS) is 13.0. The molecule has 0 radical (unpaired) electrons. The SMILES string of the molecule is CC/C=C\C/C=C\C/C=C\C/C=C\C/C=C\C/C=C\C/C=C\CCCC(=O)OCC(COC(=O)CCCCCCCCC/C=C\C/C=C\CCCCC)OC(=O)CCCCCCCCCCCCC/C=C\C/C=C\CCCCCCC. The van der Waals surface area contributed by atoms with Gasteiger partial charge in [-0.05, 0) is 135 Å². The summed E-state index contributed by atoms with van der Waals surface area (Å²) in [7, 11) is 0. The van der Waals surface area contributed by atoms with Crippen molar-refractivity contribution in [3.63, 3.8) is 0 Å². The standard InChI is InChI=1S/C75H124O6/c1-4-7-10-13-16-19-22-25-28-31-33-35-37-39-41-44-47-50-53-56-59-62-65-68-74(77)80-71-72(70-79-73(76)67-64-61-58-55-52-49-46-43-30-27-24-21-18-15-12-9-6-3)81-75(78)69-66-63-60-57-54-51-48-45-42-40-38-36-34-32-29-26-23-20-17-14-11-8-5-2/h7,10,16,18-19,21,23,25-28,30,32-35,39,41,47,50,56,59,72H,4-6,8-9,11-15,17,20,22,24,29,31,36-38,40,42-46,48-49,51-55,57-58,60-71H2,1-3H3/b10-7-,19-16-,21-18-,26-23-,28-25-,30-27-,34-32-,35-33-,41-39-,50-47-,59-56-. The summed E-state index contributed by atoms with van der Waals surface area (Å²) in [6.45, 7) is 6.45. The van der Waals surface area contributed by atoms with Gasteiger partial charge >= 0.3 is 17.9 Å². The third-order valence-electron chi connectivity index (χ3n) is 14.1. The van der Waals surface area contributed by atoms with E-state index in [0.717, 1.165) is 109 Å². The second-order valence-electron chi connectivity index (χ2n) is 22.0. The predicted octanol–water partition coefficient (Wildman–Crippen LogP) is 23.3. The zero-order valence-electron chi connectivity index (χ0n) is 52.8. The molecule has 0 aromatic heterocycles. The highest BCUT2D eigenvalue weighted by molar-refractivity contribution is 5.71. The molecule has 6 heteroatoms. The summed E-state index contributed by atoms with van der Waals surface area (Å²) in [5.41, 5.74) is 0. The molecule has 81 heavy (non-hydrogen) atoms. The van der Waals surface area contributed by atoms with Gasteiger partial charge in [0.05, 0.1) is 0 Å². The molecule has 1 atom stereocenters. The van der Waals surface area contributed by atoms with Crippen molar-refractivity contribution in [3.8, 4) is 0 Å². The van der Waals surface area contributed by atoms with Gasteiger partial charge in [0.25, 0.3) is 0 Å². The third kappa shape index (κ3) is 66.2. The number of hydrogen-bond donors (Lipinski definition) is 0. The zero-order chi connectivity index (χ0) is 58.5. The molecular formula is C75H124O6. The summed E-state index contributed by atoms with van der Waals surface area (Å²) in [5, 5.41) is 0. The van der Waals surface area contributed by atoms with Gasteiger partial charge in [0.1, 0.15) is 13.2 Å². The molecule has 0 heterocycles. The van der Waals surface area contributed by atoms with E-state index < -0.39 is 6.10 Å². The van der Waals surface area contributed by atoms with Gasteiger partial charge in [-0.2, -0.15) is 0 Å². The Labute approximate surface area is 500 Å². The van der Waals surface area contributed by atoms with E-state index in [1.807, 2.05) is 0 Å². The summed E-state index contributed by atoms with van der Waals surface area (Å²) < 4.78 is 16.9. The molecule has 0 aliphatic carbocycles. The van der Waals surface area contributed by atoms with Gasteiger partial charge in [0, 0.05) is 19.3 Å². The molecule has 0 bridgehead atoms. The summed E-state index contributed by atoms with van der Waals surface area (Å²) in [6.07, 6.45) is 96.0. The maximum absolute atomic E-state index is 13.0. The molecule has 0 spiro atoms. The monoisotopic (exact) mass is 1120 g/mol. The van der Waals surface area contributed by atoms with Crippen molar-refractivity contribution in [2.45, 2.75) is 309 Å². The number of ether oxygens (including phenoxy) is 3. The van der Waals surface area contributed by atoms with Crippen molar-refractivity contribution in [2.75, 3.05) is 13.2 Å². The summed E-state index contributed by atoms with van der Waals surface area (Å²) in [6, 6.07) is 0. The highest BCUT2D eigenvalue weighted by Crippen LogP contribution is 2.15. The van der Waals surface area contributed by atoms with E-state index in [1.165, 1.54) is 148 Å². The Morgan fingerprint density at radius 3 is 0.827 bits per heavy atom. The molecule has 0 saturated heterocycles. The maximum atomic E-state index is 13.0. The summed E-state index contributed by atoms with van der Waals surface area (Å²) in [5.74, 6) is -0.970. The first-order chi connectivity index (χ1) is 40.0. The van der Waals surface area contributed by atoms with Crippen LogP contribution in [0.5, 0.6) is 0 Å². The second-order valence-corrected chi connectivity index (χ2v) is 22.0. The first-order valence-corrected chi connectivity index (χ1v) is 33.7. The second kappa shape index (κ2) is 68.1. The Bertz CT molecular complexity index is 1720. The molecule has 1 unspecified atom stereocenters. The third-order valence-corrected chi connectivity index (χ3v) is 14.1. The number of allylic oxidation sites excluding steroid dienone is 22. The molecule has 0 N–H and O–H groups in total. The van der Waals surface area contributed by atoms with Crippen LogP contribution in [0.2, 0.25) is 0 Å². The van der Waals surface area contributed by atoms with Crippen LogP contribution in [0.1, 0.15) is 303 Å². The average Bonchev–Trinajstić information content (AvgIpc) is 3.47. The van der Waals surface area contributed by atoms with E-state index in [-0.39, 0.29) is 37.5 Å². The molecule has 0 aromatic rings. The van der Waals surface area contributed by atoms with E-state index >= 15 is 0 Å². The smallest absolute Gasteiger partial charge is 0.306 e. The number of hydrogen-bond acceptors (Lipinski definition) is 6. The van der Waals surface area contributed by atoms with Gasteiger partial charge in [-0.15, -0.1) is 0 Å². The van der Waals surface area contributed by atoms with Crippen LogP contribution >= 0.6 is 0 Å². The maximum Gasteiger partial charge on any atom is 0.306 e. The molecule has 0 aliphatic rings. The van der Waals surface area contributed by atoms with Crippen molar-refractivity contribution in [1.82, 2.24) is 0 Å². The zero-order valence-corrected chi connectivity index (χ0v) is 52.8. The molecule has 0 amide bonds. The van der Waals surface area contributed by atoms with E-state index in [1.54, 1.807) is 0 Å². The van der Waals surface area contributed by atoms with Crippen LogP contribution in [-0.4, -0.2) is 37.2 Å². The average molecular weight is 1120 g/mol. The van der Waals surface area contributed by atoms with E-state index in [9.17, 15) is 14.4 Å². The van der Waals surface area contributed by atoms with Crippen LogP contribution in [0.3, 0.4) is 0 Å². The Hall–Kier alpha value is -4.45. The van der Waals surface area contributed by atoms with Crippen LogP contribution in [0.25, 0.3) is 0 Å². The fourth-order valence-corrected chi connectivity index (χ4v) is 9.08. The quantitative estimate of drug-likeness (QED) is 0.0261. The fraction of sp³-hybridized carbons (Fsp3) is 0.667. The minimum absolute atomic E-state index is 0.104. The van der Waals surface area contributed by atoms with Crippen LogP contribution in [0.4, 0.5) is 0 Å². The topological polar surface area (TPSA) is 78.9 Å². The van der Waals surface area contributed by atoms with Crippen molar-refractivity contribution in [2.24, 2.45) is 0 Å². The van der Waals surface area contributed by atoms with Gasteiger partial charge < -0.3 is 14.2 Å². The summed E-state index contributed by atoms with van der Waals surface area (Å²) >= 11 is 0. The highest BCUT2D eigenvalue weighted by Gasteiger charge is 2.19. The fourth-order valence-electron chi connectivity index (χ4n) is 9.08. The lowest BCUT2D eigenvalue weighted by Gasteiger charge is -2.18. The number of carbonyl (C=O) groups is 3. The highest BCUT2D eigenvalue weighted by atomic mass is 16.6. The Balaban J connectivity index is 4.49. The molecular weight excluding hydrogens is 997 g/mol. The lowest BCUT2D eigenvalue weighted by atomic mass is 10.0. The largest absolute Gasteiger partial charge is 0.462 e. The van der Waals surface area contributed by atoms with Crippen LogP contribution in [0, 0.1) is 0 Å². The molecule has 0 aliphatic heterocycles.